The fraction of sp³-hybridized carbons (Fsp3) is 0.217. The molecule has 2 heterocycles. The Morgan fingerprint density at radius 1 is 1.13 bits per heavy atom. The molecule has 4 rings (SSSR count). The molecule has 0 atom stereocenters. The van der Waals surface area contributed by atoms with Crippen LogP contribution in [0.1, 0.15) is 29.8 Å². The third-order valence-corrected chi connectivity index (χ3v) is 6.28. The number of rotatable bonds is 6. The topological polar surface area (TPSA) is 88.6 Å². The summed E-state index contributed by atoms with van der Waals surface area (Å²) in [7, 11) is -3.74. The standard InChI is InChI=1S/C23H23N3O4S/c1-16(2)30-20-6-8-21(9-7-20)31(28,29)25-19-5-10-22-17(14-19)11-13-26(22)23(27)18-4-3-12-24-15-18/h3-10,12,14-16,25H,11,13H2,1-2H3. The Morgan fingerprint density at radius 2 is 1.90 bits per heavy atom. The van der Waals surface area contributed by atoms with Gasteiger partial charge in [-0.2, -0.15) is 0 Å². The first-order valence-electron chi connectivity index (χ1n) is 9.98. The molecule has 1 N–H and O–H groups in total. The van der Waals surface area contributed by atoms with Gasteiger partial charge in [-0.3, -0.25) is 14.5 Å². The summed E-state index contributed by atoms with van der Waals surface area (Å²) in [4.78, 5) is 18.6. The summed E-state index contributed by atoms with van der Waals surface area (Å²) in [5.41, 5.74) is 2.67. The first-order valence-corrected chi connectivity index (χ1v) is 11.5. The summed E-state index contributed by atoms with van der Waals surface area (Å²) in [5, 5.41) is 0. The SMILES string of the molecule is CC(C)Oc1ccc(S(=O)(=O)Nc2ccc3c(c2)CCN3C(=O)c2cccnc2)cc1. The highest BCUT2D eigenvalue weighted by atomic mass is 32.2. The molecular formula is C23H23N3O4S. The van der Waals surface area contributed by atoms with Gasteiger partial charge in [0.2, 0.25) is 0 Å². The zero-order chi connectivity index (χ0) is 22.0. The maximum Gasteiger partial charge on any atom is 0.261 e. The van der Waals surface area contributed by atoms with E-state index < -0.39 is 10.0 Å². The minimum atomic E-state index is -3.74. The van der Waals surface area contributed by atoms with Crippen LogP contribution in [0.25, 0.3) is 0 Å². The van der Waals surface area contributed by atoms with Crippen LogP contribution in [0.15, 0.2) is 71.9 Å². The Labute approximate surface area is 181 Å². The maximum absolute atomic E-state index is 12.8. The summed E-state index contributed by atoms with van der Waals surface area (Å²) in [5.74, 6) is 0.494. The first kappa shape index (κ1) is 20.9. The molecule has 0 radical (unpaired) electrons. The van der Waals surface area contributed by atoms with Gasteiger partial charge in [-0.05, 0) is 80.4 Å². The van der Waals surface area contributed by atoms with Crippen LogP contribution < -0.4 is 14.4 Å². The number of ether oxygens (including phenoxy) is 1. The summed E-state index contributed by atoms with van der Waals surface area (Å²) < 4.78 is 33.7. The smallest absolute Gasteiger partial charge is 0.261 e. The number of pyridine rings is 1. The van der Waals surface area contributed by atoms with Gasteiger partial charge in [0, 0.05) is 30.3 Å². The monoisotopic (exact) mass is 437 g/mol. The van der Waals surface area contributed by atoms with Crippen molar-refractivity contribution in [1.82, 2.24) is 4.98 Å². The van der Waals surface area contributed by atoms with Crippen molar-refractivity contribution in [3.63, 3.8) is 0 Å². The van der Waals surface area contributed by atoms with Gasteiger partial charge in [0.25, 0.3) is 15.9 Å². The van der Waals surface area contributed by atoms with Gasteiger partial charge < -0.3 is 9.64 Å². The molecule has 0 saturated carbocycles. The van der Waals surface area contributed by atoms with Gasteiger partial charge in [-0.25, -0.2) is 8.42 Å². The average molecular weight is 438 g/mol. The zero-order valence-corrected chi connectivity index (χ0v) is 18.1. The van der Waals surface area contributed by atoms with Crippen LogP contribution in [-0.4, -0.2) is 32.0 Å². The molecule has 1 aromatic heterocycles. The molecule has 160 valence electrons. The number of fused-ring (bicyclic) bond motifs is 1. The zero-order valence-electron chi connectivity index (χ0n) is 17.3. The van der Waals surface area contributed by atoms with Gasteiger partial charge in [-0.15, -0.1) is 0 Å². The van der Waals surface area contributed by atoms with Crippen LogP contribution in [-0.2, 0) is 16.4 Å². The fourth-order valence-electron chi connectivity index (χ4n) is 3.50. The molecule has 0 unspecified atom stereocenters. The second-order valence-corrected chi connectivity index (χ2v) is 9.22. The highest BCUT2D eigenvalue weighted by Crippen LogP contribution is 2.32. The maximum atomic E-state index is 12.8. The predicted molar refractivity (Wildman–Crippen MR) is 119 cm³/mol. The van der Waals surface area contributed by atoms with E-state index in [-0.39, 0.29) is 16.9 Å². The van der Waals surface area contributed by atoms with Crippen molar-refractivity contribution in [3.8, 4) is 5.75 Å². The van der Waals surface area contributed by atoms with Crippen molar-refractivity contribution in [2.75, 3.05) is 16.2 Å². The Hall–Kier alpha value is -3.39. The second kappa shape index (κ2) is 8.39. The van der Waals surface area contributed by atoms with Crippen LogP contribution in [0.3, 0.4) is 0 Å². The molecule has 2 aromatic carbocycles. The van der Waals surface area contributed by atoms with E-state index in [4.69, 9.17) is 4.74 Å². The molecule has 31 heavy (non-hydrogen) atoms. The molecule has 1 aliphatic heterocycles. The quantitative estimate of drug-likeness (QED) is 0.632. The second-order valence-electron chi connectivity index (χ2n) is 7.54. The fourth-order valence-corrected chi connectivity index (χ4v) is 4.55. The van der Waals surface area contributed by atoms with Crippen LogP contribution >= 0.6 is 0 Å². The molecule has 0 bridgehead atoms. The largest absolute Gasteiger partial charge is 0.491 e. The lowest BCUT2D eigenvalue weighted by molar-refractivity contribution is 0.0989. The number of hydrogen-bond donors (Lipinski definition) is 1. The van der Waals surface area contributed by atoms with E-state index in [1.165, 1.54) is 12.1 Å². The van der Waals surface area contributed by atoms with Gasteiger partial charge in [-0.1, -0.05) is 0 Å². The number of anilines is 2. The van der Waals surface area contributed by atoms with E-state index in [0.717, 1.165) is 11.3 Å². The van der Waals surface area contributed by atoms with Crippen molar-refractivity contribution in [3.05, 3.63) is 78.1 Å². The van der Waals surface area contributed by atoms with Crippen LogP contribution in [0.5, 0.6) is 5.75 Å². The normalized spacial score (nSPS) is 13.2. The van der Waals surface area contributed by atoms with Crippen molar-refractivity contribution in [1.29, 1.82) is 0 Å². The van der Waals surface area contributed by atoms with E-state index >= 15 is 0 Å². The number of sulfonamides is 1. The summed E-state index contributed by atoms with van der Waals surface area (Å²) in [6.45, 7) is 4.35. The number of nitrogens with zero attached hydrogens (tertiary/aromatic N) is 2. The third-order valence-electron chi connectivity index (χ3n) is 4.89. The summed E-state index contributed by atoms with van der Waals surface area (Å²) in [6.07, 6.45) is 3.83. The lowest BCUT2D eigenvalue weighted by Crippen LogP contribution is -2.28. The Kier molecular flexibility index (Phi) is 5.65. The lowest BCUT2D eigenvalue weighted by atomic mass is 10.1. The molecule has 0 fully saturated rings. The molecule has 7 nitrogen and oxygen atoms in total. The third kappa shape index (κ3) is 4.54. The van der Waals surface area contributed by atoms with E-state index in [1.54, 1.807) is 59.8 Å². The van der Waals surface area contributed by atoms with Gasteiger partial charge in [0.05, 0.1) is 16.6 Å². The van der Waals surface area contributed by atoms with E-state index in [9.17, 15) is 13.2 Å². The molecule has 8 heteroatoms. The van der Waals surface area contributed by atoms with E-state index in [0.29, 0.717) is 30.0 Å². The average Bonchev–Trinajstić information content (AvgIpc) is 3.16. The van der Waals surface area contributed by atoms with Gasteiger partial charge in [0.15, 0.2) is 0 Å². The molecular weight excluding hydrogens is 414 g/mol. The van der Waals surface area contributed by atoms with Crippen molar-refractivity contribution < 1.29 is 17.9 Å². The highest BCUT2D eigenvalue weighted by molar-refractivity contribution is 7.92. The number of carbonyl (C=O) groups is 1. The van der Waals surface area contributed by atoms with Crippen LogP contribution in [0.2, 0.25) is 0 Å². The van der Waals surface area contributed by atoms with Crippen LogP contribution in [0, 0.1) is 0 Å². The minimum Gasteiger partial charge on any atom is -0.491 e. The minimum absolute atomic E-state index is 0.0107. The molecule has 1 aliphatic rings. The molecule has 3 aromatic rings. The van der Waals surface area contributed by atoms with Gasteiger partial charge in [0.1, 0.15) is 5.75 Å². The Balaban J connectivity index is 1.51. The number of benzene rings is 2. The number of amides is 1. The van der Waals surface area contributed by atoms with Crippen molar-refractivity contribution >= 4 is 27.3 Å². The van der Waals surface area contributed by atoms with E-state index in [2.05, 4.69) is 9.71 Å². The first-order chi connectivity index (χ1) is 14.8. The van der Waals surface area contributed by atoms with E-state index in [1.807, 2.05) is 13.8 Å². The number of hydrogen-bond acceptors (Lipinski definition) is 5. The lowest BCUT2D eigenvalue weighted by Gasteiger charge is -2.17. The molecule has 0 aliphatic carbocycles. The van der Waals surface area contributed by atoms with Gasteiger partial charge >= 0.3 is 0 Å². The Morgan fingerprint density at radius 3 is 2.58 bits per heavy atom. The Bertz CT molecular complexity index is 1190. The molecule has 1 amide bonds. The number of carbonyl (C=O) groups excluding carboxylic acids is 1. The molecule has 0 spiro atoms. The predicted octanol–water partition coefficient (Wildman–Crippen LogP) is 3.87. The molecule has 0 saturated heterocycles. The van der Waals surface area contributed by atoms with Crippen molar-refractivity contribution in [2.45, 2.75) is 31.3 Å². The van der Waals surface area contributed by atoms with Crippen LogP contribution in [0.4, 0.5) is 11.4 Å². The highest BCUT2D eigenvalue weighted by Gasteiger charge is 2.26. The number of nitrogens with one attached hydrogen (secondary N) is 1. The summed E-state index contributed by atoms with van der Waals surface area (Å²) >= 11 is 0. The van der Waals surface area contributed by atoms with Crippen molar-refractivity contribution in [2.24, 2.45) is 0 Å². The number of aromatic nitrogens is 1. The summed E-state index contributed by atoms with van der Waals surface area (Å²) in [6, 6.07) is 15.0.